The van der Waals surface area contributed by atoms with Crippen molar-refractivity contribution in [3.05, 3.63) is 64.4 Å². The minimum atomic E-state index is -4.47. The highest BCUT2D eigenvalue weighted by Gasteiger charge is 2.38. The average Bonchev–Trinajstić information content (AvgIpc) is 2.58. The molecule has 1 amide bonds. The topological polar surface area (TPSA) is 73.7 Å². The number of hydrogen-bond acceptors (Lipinski definition) is 3. The van der Waals surface area contributed by atoms with Gasteiger partial charge in [-0.2, -0.15) is 13.2 Å². The zero-order chi connectivity index (χ0) is 22.0. The predicted molar refractivity (Wildman–Crippen MR) is 103 cm³/mol. The Morgan fingerprint density at radius 2 is 1.72 bits per heavy atom. The van der Waals surface area contributed by atoms with E-state index in [1.54, 1.807) is 26.8 Å². The van der Waals surface area contributed by atoms with E-state index in [0.717, 1.165) is 17.0 Å². The number of aromatic nitrogens is 1. The highest BCUT2D eigenvalue weighted by Crippen LogP contribution is 2.32. The summed E-state index contributed by atoms with van der Waals surface area (Å²) < 4.78 is 38.4. The molecule has 0 spiro atoms. The quantitative estimate of drug-likeness (QED) is 0.641. The maximum absolute atomic E-state index is 12.8. The van der Waals surface area contributed by atoms with Gasteiger partial charge in [-0.15, -0.1) is 0 Å². The minimum Gasteiger partial charge on any atom is -0.465 e. The Morgan fingerprint density at radius 1 is 1.14 bits per heavy atom. The lowest BCUT2D eigenvalue weighted by Gasteiger charge is -2.41. The van der Waals surface area contributed by atoms with Crippen LogP contribution in [0, 0.1) is 0 Å². The van der Waals surface area contributed by atoms with E-state index in [-0.39, 0.29) is 17.3 Å². The van der Waals surface area contributed by atoms with Crippen LogP contribution in [0.4, 0.5) is 18.0 Å². The second-order valence-corrected chi connectivity index (χ2v) is 8.01. The summed E-state index contributed by atoms with van der Waals surface area (Å²) in [5.74, 6) is 0. The third-order valence-corrected chi connectivity index (χ3v) is 4.60. The van der Waals surface area contributed by atoms with E-state index < -0.39 is 35.5 Å². The molecule has 1 heterocycles. The summed E-state index contributed by atoms with van der Waals surface area (Å²) in [4.78, 5) is 17.1. The first kappa shape index (κ1) is 23.0. The fourth-order valence-corrected chi connectivity index (χ4v) is 3.30. The zero-order valence-corrected chi connectivity index (χ0v) is 16.9. The lowest BCUT2D eigenvalue weighted by molar-refractivity contribution is -0.137. The Kier molecular flexibility index (Phi) is 6.80. The van der Waals surface area contributed by atoms with Crippen molar-refractivity contribution >= 4 is 17.7 Å². The molecule has 1 aromatic carbocycles. The van der Waals surface area contributed by atoms with E-state index in [1.165, 1.54) is 24.3 Å². The molecule has 0 fully saturated rings. The van der Waals surface area contributed by atoms with Crippen LogP contribution in [0.1, 0.15) is 43.7 Å². The number of carbonyl (C=O) groups is 1. The van der Waals surface area contributed by atoms with Gasteiger partial charge in [0, 0.05) is 5.54 Å². The number of hydrogen-bond donors (Lipinski definition) is 2. The number of aliphatic hydroxyl groups excluding tert-OH is 1. The molecule has 0 aliphatic rings. The van der Waals surface area contributed by atoms with Crippen LogP contribution in [0.25, 0.3) is 0 Å². The van der Waals surface area contributed by atoms with Gasteiger partial charge < -0.3 is 10.2 Å². The van der Waals surface area contributed by atoms with Crippen molar-refractivity contribution in [2.75, 3.05) is 0 Å². The molecule has 0 radical (unpaired) electrons. The second kappa shape index (κ2) is 8.59. The molecule has 1 aromatic heterocycles. The number of pyridine rings is 1. The van der Waals surface area contributed by atoms with E-state index in [9.17, 15) is 28.2 Å². The third kappa shape index (κ3) is 5.83. The molecule has 2 rings (SSSR count). The molecular weight excluding hydrogens is 409 g/mol. The summed E-state index contributed by atoms with van der Waals surface area (Å²) in [5, 5.41) is 20.8. The summed E-state index contributed by atoms with van der Waals surface area (Å²) >= 11 is 5.89. The van der Waals surface area contributed by atoms with Crippen LogP contribution >= 0.6 is 11.6 Å². The Labute approximate surface area is 171 Å². The number of amides is 1. The number of rotatable bonds is 5. The largest absolute Gasteiger partial charge is 0.465 e. The summed E-state index contributed by atoms with van der Waals surface area (Å²) in [6.45, 7) is 5.00. The first-order chi connectivity index (χ1) is 13.3. The molecule has 2 atom stereocenters. The van der Waals surface area contributed by atoms with E-state index in [0.29, 0.717) is 5.56 Å². The number of halogens is 4. The number of carboxylic acid groups (broad SMARTS) is 1. The van der Waals surface area contributed by atoms with Gasteiger partial charge in [-0.3, -0.25) is 4.90 Å². The van der Waals surface area contributed by atoms with E-state index in [1.807, 2.05) is 0 Å². The third-order valence-electron chi connectivity index (χ3n) is 4.39. The monoisotopic (exact) mass is 430 g/mol. The van der Waals surface area contributed by atoms with Gasteiger partial charge >= 0.3 is 12.3 Å². The average molecular weight is 431 g/mol. The summed E-state index contributed by atoms with van der Waals surface area (Å²) in [6.07, 6.45) is -7.10. The molecule has 0 bridgehead atoms. The van der Waals surface area contributed by atoms with Crippen LogP contribution in [0.15, 0.2) is 42.5 Å². The maximum Gasteiger partial charge on any atom is 0.416 e. The van der Waals surface area contributed by atoms with Crippen molar-refractivity contribution in [2.24, 2.45) is 0 Å². The molecule has 2 aromatic rings. The summed E-state index contributed by atoms with van der Waals surface area (Å²) in [7, 11) is 0. The van der Waals surface area contributed by atoms with Crippen LogP contribution in [0.5, 0.6) is 0 Å². The lowest BCUT2D eigenvalue weighted by Crippen LogP contribution is -2.54. The fourth-order valence-electron chi connectivity index (χ4n) is 3.13. The van der Waals surface area contributed by atoms with E-state index >= 15 is 0 Å². The number of benzene rings is 1. The van der Waals surface area contributed by atoms with Gasteiger partial charge in [0.15, 0.2) is 0 Å². The standard InChI is InChI=1S/C20H22ClF3N2O3/c1-19(2,3)26(18(28)29)15(17(27)14-5-4-6-16(21)25-14)11-12-7-9-13(10-8-12)20(22,23)24/h4-10,15,17,27H,11H2,1-3H3,(H,28,29). The first-order valence-corrected chi connectivity index (χ1v) is 9.17. The predicted octanol–water partition coefficient (Wildman–Crippen LogP) is 5.18. The Balaban J connectivity index is 2.45. The van der Waals surface area contributed by atoms with Crippen molar-refractivity contribution in [1.29, 1.82) is 0 Å². The summed E-state index contributed by atoms with van der Waals surface area (Å²) in [5.41, 5.74) is -1.08. The van der Waals surface area contributed by atoms with Crippen LogP contribution in [0.3, 0.4) is 0 Å². The van der Waals surface area contributed by atoms with Gasteiger partial charge in [-0.05, 0) is 57.0 Å². The molecule has 29 heavy (non-hydrogen) atoms. The van der Waals surface area contributed by atoms with Gasteiger partial charge in [0.2, 0.25) is 0 Å². The number of aliphatic hydroxyl groups is 1. The van der Waals surface area contributed by atoms with Gasteiger partial charge in [0.1, 0.15) is 11.3 Å². The van der Waals surface area contributed by atoms with E-state index in [2.05, 4.69) is 4.98 Å². The maximum atomic E-state index is 12.8. The highest BCUT2D eigenvalue weighted by atomic mass is 35.5. The Morgan fingerprint density at radius 3 is 2.17 bits per heavy atom. The Bertz CT molecular complexity index is 851. The molecule has 0 aliphatic heterocycles. The number of alkyl halides is 3. The van der Waals surface area contributed by atoms with Crippen LogP contribution in [0.2, 0.25) is 5.15 Å². The van der Waals surface area contributed by atoms with Gasteiger partial charge in [-0.25, -0.2) is 9.78 Å². The van der Waals surface area contributed by atoms with Crippen molar-refractivity contribution < 1.29 is 28.2 Å². The first-order valence-electron chi connectivity index (χ1n) is 8.79. The SMILES string of the molecule is CC(C)(C)N(C(=O)O)C(Cc1ccc(C(F)(F)F)cc1)C(O)c1cccc(Cl)n1. The molecule has 9 heteroatoms. The van der Waals surface area contributed by atoms with Crippen LogP contribution < -0.4 is 0 Å². The molecule has 0 aliphatic carbocycles. The van der Waals surface area contributed by atoms with Crippen molar-refractivity contribution in [1.82, 2.24) is 9.88 Å². The molecule has 158 valence electrons. The second-order valence-electron chi connectivity index (χ2n) is 7.62. The molecule has 0 saturated carbocycles. The van der Waals surface area contributed by atoms with Crippen molar-refractivity contribution in [3.63, 3.8) is 0 Å². The molecule has 2 unspecified atom stereocenters. The molecular formula is C20H22ClF3N2O3. The summed E-state index contributed by atoms with van der Waals surface area (Å²) in [6, 6.07) is 8.01. The van der Waals surface area contributed by atoms with Gasteiger partial charge in [0.25, 0.3) is 0 Å². The molecule has 5 nitrogen and oxygen atoms in total. The molecule has 0 saturated heterocycles. The Hall–Kier alpha value is -2.32. The molecule has 2 N–H and O–H groups in total. The smallest absolute Gasteiger partial charge is 0.416 e. The number of nitrogens with zero attached hydrogens (tertiary/aromatic N) is 2. The highest BCUT2D eigenvalue weighted by molar-refractivity contribution is 6.29. The lowest BCUT2D eigenvalue weighted by atomic mass is 9.93. The van der Waals surface area contributed by atoms with Crippen molar-refractivity contribution in [2.45, 2.75) is 51.1 Å². The minimum absolute atomic E-state index is 0.0168. The van der Waals surface area contributed by atoms with Crippen LogP contribution in [-0.2, 0) is 12.6 Å². The van der Waals surface area contributed by atoms with Crippen molar-refractivity contribution in [3.8, 4) is 0 Å². The normalized spacial score (nSPS) is 14.3. The van der Waals surface area contributed by atoms with E-state index in [4.69, 9.17) is 11.6 Å². The fraction of sp³-hybridized carbons (Fsp3) is 0.400. The van der Waals surface area contributed by atoms with Gasteiger partial charge in [0.05, 0.1) is 17.3 Å². The zero-order valence-electron chi connectivity index (χ0n) is 16.1. The van der Waals surface area contributed by atoms with Crippen LogP contribution in [-0.4, -0.2) is 37.8 Å². The van der Waals surface area contributed by atoms with Gasteiger partial charge in [-0.1, -0.05) is 29.8 Å².